The second-order valence-corrected chi connectivity index (χ2v) is 5.66. The van der Waals surface area contributed by atoms with Crippen LogP contribution >= 0.6 is 11.8 Å². The minimum absolute atomic E-state index is 0. The first kappa shape index (κ1) is 17.1. The van der Waals surface area contributed by atoms with E-state index in [-0.39, 0.29) is 17.0 Å². The molecule has 0 aliphatic carbocycles. The Balaban J connectivity index is 0.00000200. The summed E-state index contributed by atoms with van der Waals surface area (Å²) < 4.78 is 2.22. The number of aromatic nitrogens is 3. The van der Waals surface area contributed by atoms with Crippen LogP contribution in [0.5, 0.6) is 0 Å². The molecule has 0 aliphatic rings. The molecule has 0 atom stereocenters. The molecule has 2 heterocycles. The van der Waals surface area contributed by atoms with E-state index in [1.807, 2.05) is 26.0 Å². The van der Waals surface area contributed by atoms with Crippen molar-refractivity contribution in [3.05, 3.63) is 48.0 Å². The number of unbranched alkanes of at least 4 members (excludes halogenated alkanes) is 1. The molecule has 0 bridgehead atoms. The molecule has 0 unspecified atom stereocenters. The number of halogens is 1. The number of aryl methyl sites for hydroxylation is 3. The predicted octanol–water partition coefficient (Wildman–Crippen LogP) is -0.0426. The summed E-state index contributed by atoms with van der Waals surface area (Å²) in [5.74, 6) is 1.08. The Labute approximate surface area is 135 Å². The highest BCUT2D eigenvalue weighted by molar-refractivity contribution is 7.99. The summed E-state index contributed by atoms with van der Waals surface area (Å²) in [6, 6.07) is 8.19. The summed E-state index contributed by atoms with van der Waals surface area (Å²) in [4.78, 5) is 8.87. The largest absolute Gasteiger partial charge is 1.00 e. The summed E-state index contributed by atoms with van der Waals surface area (Å²) in [5.41, 5.74) is 2.10. The van der Waals surface area contributed by atoms with Gasteiger partial charge in [-0.2, -0.15) is 0 Å². The van der Waals surface area contributed by atoms with E-state index in [1.54, 1.807) is 11.8 Å². The van der Waals surface area contributed by atoms with Crippen molar-refractivity contribution in [3.8, 4) is 0 Å². The summed E-state index contributed by atoms with van der Waals surface area (Å²) in [7, 11) is 0. The highest BCUT2D eigenvalue weighted by atomic mass is 79.9. The molecular formula is C15H20BrN3S. The fourth-order valence-electron chi connectivity index (χ4n) is 1.90. The zero-order valence-corrected chi connectivity index (χ0v) is 14.3. The summed E-state index contributed by atoms with van der Waals surface area (Å²) >= 11 is 1.75. The second kappa shape index (κ2) is 9.08. The first-order valence-corrected chi connectivity index (χ1v) is 7.62. The van der Waals surface area contributed by atoms with E-state index in [9.17, 15) is 0 Å². The standard InChI is InChI=1S/C15H20N3S.BrH/c1-13-12-14(2)17-15(16-13)19-11-7-6-10-18-8-4-3-5-9-18;/h3-5,8-9,12H,6-7,10-11H2,1-2H3;1H/q+1;/p-1. The summed E-state index contributed by atoms with van der Waals surface area (Å²) in [5, 5.41) is 0.907. The molecule has 0 saturated carbocycles. The van der Waals surface area contributed by atoms with Crippen molar-refractivity contribution >= 4 is 11.8 Å². The van der Waals surface area contributed by atoms with Gasteiger partial charge in [-0.25, -0.2) is 14.5 Å². The lowest BCUT2D eigenvalue weighted by Gasteiger charge is -2.02. The molecule has 0 aliphatic heterocycles. The highest BCUT2D eigenvalue weighted by Gasteiger charge is 2.02. The Bertz CT molecular complexity index is 500. The van der Waals surface area contributed by atoms with E-state index in [0.717, 1.165) is 28.8 Å². The van der Waals surface area contributed by atoms with Gasteiger partial charge in [0.25, 0.3) is 0 Å². The minimum Gasteiger partial charge on any atom is -1.00 e. The molecule has 2 aromatic rings. The van der Waals surface area contributed by atoms with Gasteiger partial charge in [0.15, 0.2) is 17.6 Å². The maximum Gasteiger partial charge on any atom is 0.187 e. The number of hydrogen-bond donors (Lipinski definition) is 0. The summed E-state index contributed by atoms with van der Waals surface area (Å²) in [6.45, 7) is 5.12. The fourth-order valence-corrected chi connectivity index (χ4v) is 2.85. The third-order valence-electron chi connectivity index (χ3n) is 2.78. The Morgan fingerprint density at radius 1 is 1.00 bits per heavy atom. The van der Waals surface area contributed by atoms with E-state index >= 15 is 0 Å². The van der Waals surface area contributed by atoms with Gasteiger partial charge >= 0.3 is 0 Å². The van der Waals surface area contributed by atoms with Gasteiger partial charge in [-0.3, -0.25) is 0 Å². The Morgan fingerprint density at radius 2 is 1.65 bits per heavy atom. The lowest BCUT2D eigenvalue weighted by Crippen LogP contribution is -3.00. The highest BCUT2D eigenvalue weighted by Crippen LogP contribution is 2.15. The van der Waals surface area contributed by atoms with Crippen LogP contribution in [-0.2, 0) is 6.54 Å². The van der Waals surface area contributed by atoms with Gasteiger partial charge in [0.2, 0.25) is 0 Å². The van der Waals surface area contributed by atoms with Crippen molar-refractivity contribution in [1.29, 1.82) is 0 Å². The summed E-state index contributed by atoms with van der Waals surface area (Å²) in [6.07, 6.45) is 6.59. The molecule has 5 heteroatoms. The maximum absolute atomic E-state index is 4.44. The van der Waals surface area contributed by atoms with Crippen LogP contribution in [-0.4, -0.2) is 15.7 Å². The third-order valence-corrected chi connectivity index (χ3v) is 3.71. The van der Waals surface area contributed by atoms with E-state index in [4.69, 9.17) is 0 Å². The van der Waals surface area contributed by atoms with Crippen LogP contribution < -0.4 is 21.5 Å². The zero-order chi connectivity index (χ0) is 13.5. The monoisotopic (exact) mass is 353 g/mol. The quantitative estimate of drug-likeness (QED) is 0.316. The van der Waals surface area contributed by atoms with Crippen LogP contribution in [0.2, 0.25) is 0 Å². The fraction of sp³-hybridized carbons (Fsp3) is 0.400. The molecule has 0 amide bonds. The van der Waals surface area contributed by atoms with Crippen molar-refractivity contribution in [3.63, 3.8) is 0 Å². The maximum atomic E-state index is 4.44. The normalized spacial score (nSPS) is 10.1. The van der Waals surface area contributed by atoms with E-state index in [1.165, 1.54) is 12.8 Å². The molecule has 108 valence electrons. The zero-order valence-electron chi connectivity index (χ0n) is 11.9. The molecule has 20 heavy (non-hydrogen) atoms. The predicted molar refractivity (Wildman–Crippen MR) is 78.1 cm³/mol. The van der Waals surface area contributed by atoms with Crippen LogP contribution in [0.3, 0.4) is 0 Å². The molecule has 2 aromatic heterocycles. The van der Waals surface area contributed by atoms with Crippen LogP contribution in [0.1, 0.15) is 24.2 Å². The van der Waals surface area contributed by atoms with Gasteiger partial charge < -0.3 is 17.0 Å². The SMILES string of the molecule is Cc1cc(C)nc(SCCCC[n+]2ccccc2)n1.[Br-]. The average Bonchev–Trinajstić information content (AvgIpc) is 2.38. The van der Waals surface area contributed by atoms with Crippen molar-refractivity contribution in [2.45, 2.75) is 38.4 Å². The third kappa shape index (κ3) is 6.01. The van der Waals surface area contributed by atoms with Crippen LogP contribution in [0.15, 0.2) is 41.8 Å². The van der Waals surface area contributed by atoms with Gasteiger partial charge in [-0.1, -0.05) is 17.8 Å². The van der Waals surface area contributed by atoms with Crippen molar-refractivity contribution in [2.75, 3.05) is 5.75 Å². The molecule has 0 radical (unpaired) electrons. The number of nitrogens with zero attached hydrogens (tertiary/aromatic N) is 3. The van der Waals surface area contributed by atoms with Crippen LogP contribution in [0, 0.1) is 13.8 Å². The van der Waals surface area contributed by atoms with Crippen LogP contribution in [0.25, 0.3) is 0 Å². The molecule has 0 aromatic carbocycles. The van der Waals surface area contributed by atoms with Crippen molar-refractivity contribution in [2.24, 2.45) is 0 Å². The van der Waals surface area contributed by atoms with E-state index < -0.39 is 0 Å². The number of hydrogen-bond acceptors (Lipinski definition) is 3. The molecule has 2 rings (SSSR count). The molecule has 0 fully saturated rings. The van der Waals surface area contributed by atoms with Gasteiger partial charge in [0.1, 0.15) is 6.54 Å². The second-order valence-electron chi connectivity index (χ2n) is 4.60. The molecule has 0 saturated heterocycles. The smallest absolute Gasteiger partial charge is 0.187 e. The average molecular weight is 354 g/mol. The molecule has 0 spiro atoms. The first-order valence-electron chi connectivity index (χ1n) is 6.63. The van der Waals surface area contributed by atoms with E-state index in [0.29, 0.717) is 0 Å². The molecule has 3 nitrogen and oxygen atoms in total. The van der Waals surface area contributed by atoms with Gasteiger partial charge in [-0.15, -0.1) is 0 Å². The van der Waals surface area contributed by atoms with Crippen molar-refractivity contribution < 1.29 is 21.5 Å². The molecular weight excluding hydrogens is 334 g/mol. The number of rotatable bonds is 6. The van der Waals surface area contributed by atoms with Gasteiger partial charge in [0.05, 0.1) is 0 Å². The Morgan fingerprint density at radius 3 is 2.30 bits per heavy atom. The lowest BCUT2D eigenvalue weighted by atomic mass is 10.3. The van der Waals surface area contributed by atoms with Gasteiger partial charge in [-0.05, 0) is 26.3 Å². The van der Waals surface area contributed by atoms with Crippen molar-refractivity contribution in [1.82, 2.24) is 9.97 Å². The topological polar surface area (TPSA) is 29.7 Å². The van der Waals surface area contributed by atoms with Crippen LogP contribution in [0.4, 0.5) is 0 Å². The number of pyridine rings is 1. The van der Waals surface area contributed by atoms with E-state index in [2.05, 4.69) is 39.1 Å². The Kier molecular flexibility index (Phi) is 7.77. The number of thioether (sulfide) groups is 1. The van der Waals surface area contributed by atoms with Gasteiger partial charge in [0, 0.05) is 35.7 Å². The Hall–Kier alpha value is -0.940. The first-order chi connectivity index (χ1) is 9.24. The minimum atomic E-state index is 0. The lowest BCUT2D eigenvalue weighted by molar-refractivity contribution is -0.697. The molecule has 0 N–H and O–H groups in total.